The summed E-state index contributed by atoms with van der Waals surface area (Å²) in [4.78, 5) is 16.7. The Morgan fingerprint density at radius 3 is 2.48 bits per heavy atom. The van der Waals surface area contributed by atoms with Crippen molar-refractivity contribution in [2.75, 3.05) is 13.2 Å². The summed E-state index contributed by atoms with van der Waals surface area (Å²) in [5.74, 6) is 1.24. The summed E-state index contributed by atoms with van der Waals surface area (Å²) in [5, 5.41) is 0. The molecule has 0 aromatic heterocycles. The van der Waals surface area contributed by atoms with Gasteiger partial charge in [0.25, 0.3) is 0 Å². The first-order valence-electron chi connectivity index (χ1n) is 9.78. The van der Waals surface area contributed by atoms with Crippen LogP contribution in [0, 0.1) is 6.92 Å². The number of halogens is 1. The lowest BCUT2D eigenvalue weighted by Crippen LogP contribution is -2.09. The van der Waals surface area contributed by atoms with E-state index in [-0.39, 0.29) is 5.70 Å². The molecular formula is C25H20BrNO4. The minimum Gasteiger partial charge on any atom is -0.490 e. The third-order valence-electron chi connectivity index (χ3n) is 4.52. The summed E-state index contributed by atoms with van der Waals surface area (Å²) in [5.41, 5.74) is 2.79. The fraction of sp³-hybridized carbons (Fsp3) is 0.120. The van der Waals surface area contributed by atoms with Crippen molar-refractivity contribution in [3.05, 3.63) is 99.7 Å². The highest BCUT2D eigenvalue weighted by Gasteiger charge is 2.24. The van der Waals surface area contributed by atoms with Crippen molar-refractivity contribution in [2.24, 2.45) is 4.99 Å². The molecule has 0 N–H and O–H groups in total. The van der Waals surface area contributed by atoms with Crippen molar-refractivity contribution in [2.45, 2.75) is 6.92 Å². The van der Waals surface area contributed by atoms with Crippen LogP contribution in [-0.2, 0) is 9.53 Å². The Morgan fingerprint density at radius 2 is 1.71 bits per heavy atom. The van der Waals surface area contributed by atoms with Gasteiger partial charge in [-0.1, -0.05) is 45.8 Å². The molecule has 0 aliphatic carbocycles. The monoisotopic (exact) mass is 477 g/mol. The van der Waals surface area contributed by atoms with E-state index < -0.39 is 5.97 Å². The lowest BCUT2D eigenvalue weighted by atomic mass is 10.1. The maximum Gasteiger partial charge on any atom is 0.363 e. The molecule has 0 saturated carbocycles. The Hall–Kier alpha value is -3.38. The van der Waals surface area contributed by atoms with Gasteiger partial charge in [-0.15, -0.1) is 0 Å². The van der Waals surface area contributed by atoms with Gasteiger partial charge in [0.1, 0.15) is 24.7 Å². The average Bonchev–Trinajstić information content (AvgIpc) is 3.14. The maximum atomic E-state index is 12.3. The van der Waals surface area contributed by atoms with Gasteiger partial charge in [0.2, 0.25) is 5.90 Å². The van der Waals surface area contributed by atoms with Gasteiger partial charge in [-0.25, -0.2) is 9.79 Å². The zero-order valence-electron chi connectivity index (χ0n) is 16.9. The average molecular weight is 478 g/mol. The fourth-order valence-electron chi connectivity index (χ4n) is 3.01. The second-order valence-corrected chi connectivity index (χ2v) is 7.81. The molecule has 0 fully saturated rings. The topological polar surface area (TPSA) is 57.1 Å². The predicted octanol–water partition coefficient (Wildman–Crippen LogP) is 5.56. The van der Waals surface area contributed by atoms with Crippen LogP contribution in [-0.4, -0.2) is 25.1 Å². The number of rotatable bonds is 7. The molecule has 4 rings (SSSR count). The Balaban J connectivity index is 1.47. The number of benzene rings is 3. The largest absolute Gasteiger partial charge is 0.490 e. The van der Waals surface area contributed by atoms with Crippen LogP contribution < -0.4 is 9.47 Å². The minimum atomic E-state index is -0.482. The zero-order valence-corrected chi connectivity index (χ0v) is 18.5. The van der Waals surface area contributed by atoms with E-state index in [2.05, 4.69) is 20.9 Å². The number of aryl methyl sites for hydroxylation is 1. The SMILES string of the molecule is Cc1ccc(OCCOc2ccc(Br)cc2)c(C=C2N=C(c3ccccc3)OC2=O)c1. The van der Waals surface area contributed by atoms with Crippen LogP contribution in [0.25, 0.3) is 6.08 Å². The number of cyclic esters (lactones) is 1. The number of ether oxygens (including phenoxy) is 3. The van der Waals surface area contributed by atoms with Crippen LogP contribution in [0.2, 0.25) is 0 Å². The van der Waals surface area contributed by atoms with Crippen LogP contribution in [0.5, 0.6) is 11.5 Å². The second kappa shape index (κ2) is 9.62. The van der Waals surface area contributed by atoms with Gasteiger partial charge < -0.3 is 14.2 Å². The molecule has 3 aromatic carbocycles. The normalized spacial score (nSPS) is 14.3. The predicted molar refractivity (Wildman–Crippen MR) is 123 cm³/mol. The fourth-order valence-corrected chi connectivity index (χ4v) is 3.28. The van der Waals surface area contributed by atoms with Gasteiger partial charge in [-0.3, -0.25) is 0 Å². The summed E-state index contributed by atoms with van der Waals surface area (Å²) in [6.07, 6.45) is 1.69. The Kier molecular flexibility index (Phi) is 6.48. The van der Waals surface area contributed by atoms with Gasteiger partial charge >= 0.3 is 5.97 Å². The van der Waals surface area contributed by atoms with Gasteiger partial charge in [-0.05, 0) is 61.5 Å². The highest BCUT2D eigenvalue weighted by molar-refractivity contribution is 9.10. The Bertz CT molecular complexity index is 1140. The van der Waals surface area contributed by atoms with E-state index in [1.165, 1.54) is 0 Å². The van der Waals surface area contributed by atoms with Gasteiger partial charge in [0.05, 0.1) is 0 Å². The molecule has 1 aliphatic heterocycles. The first-order chi connectivity index (χ1) is 15.1. The van der Waals surface area contributed by atoms with Crippen molar-refractivity contribution in [1.82, 2.24) is 0 Å². The van der Waals surface area contributed by atoms with E-state index in [9.17, 15) is 4.79 Å². The second-order valence-electron chi connectivity index (χ2n) is 6.89. The number of nitrogens with zero attached hydrogens (tertiary/aromatic N) is 1. The molecule has 6 heteroatoms. The lowest BCUT2D eigenvalue weighted by Gasteiger charge is -2.11. The first kappa shape index (κ1) is 20.9. The molecule has 0 bridgehead atoms. The van der Waals surface area contributed by atoms with Gasteiger partial charge in [0.15, 0.2) is 5.70 Å². The Morgan fingerprint density at radius 1 is 0.968 bits per heavy atom. The van der Waals surface area contributed by atoms with E-state index in [0.29, 0.717) is 24.9 Å². The quantitative estimate of drug-likeness (QED) is 0.254. The van der Waals surface area contributed by atoms with E-state index >= 15 is 0 Å². The molecule has 156 valence electrons. The molecule has 1 heterocycles. The van der Waals surface area contributed by atoms with Crippen molar-refractivity contribution < 1.29 is 19.0 Å². The van der Waals surface area contributed by atoms with Crippen molar-refractivity contribution in [1.29, 1.82) is 0 Å². The van der Waals surface area contributed by atoms with Crippen LogP contribution in [0.3, 0.4) is 0 Å². The van der Waals surface area contributed by atoms with Crippen LogP contribution in [0.15, 0.2) is 88.0 Å². The molecule has 0 saturated heterocycles. The number of hydrogen-bond acceptors (Lipinski definition) is 5. The lowest BCUT2D eigenvalue weighted by molar-refractivity contribution is -0.129. The third kappa shape index (κ3) is 5.41. The summed E-state index contributed by atoms with van der Waals surface area (Å²) in [6.45, 7) is 2.73. The molecule has 0 radical (unpaired) electrons. The minimum absolute atomic E-state index is 0.236. The summed E-state index contributed by atoms with van der Waals surface area (Å²) >= 11 is 3.40. The highest BCUT2D eigenvalue weighted by Crippen LogP contribution is 2.26. The van der Waals surface area contributed by atoms with E-state index in [4.69, 9.17) is 14.2 Å². The van der Waals surface area contributed by atoms with E-state index in [0.717, 1.165) is 26.9 Å². The van der Waals surface area contributed by atoms with Crippen molar-refractivity contribution in [3.63, 3.8) is 0 Å². The molecule has 0 atom stereocenters. The van der Waals surface area contributed by atoms with Crippen molar-refractivity contribution >= 4 is 33.9 Å². The zero-order chi connectivity index (χ0) is 21.6. The van der Waals surface area contributed by atoms with Gasteiger partial charge in [-0.2, -0.15) is 0 Å². The first-order valence-corrected chi connectivity index (χ1v) is 10.6. The molecule has 3 aromatic rings. The summed E-state index contributed by atoms with van der Waals surface area (Å²) in [7, 11) is 0. The third-order valence-corrected chi connectivity index (χ3v) is 5.05. The maximum absolute atomic E-state index is 12.3. The molecule has 0 unspecified atom stereocenters. The molecule has 31 heavy (non-hydrogen) atoms. The molecule has 0 amide bonds. The highest BCUT2D eigenvalue weighted by atomic mass is 79.9. The smallest absolute Gasteiger partial charge is 0.363 e. The molecule has 1 aliphatic rings. The van der Waals surface area contributed by atoms with E-state index in [1.54, 1.807) is 6.08 Å². The van der Waals surface area contributed by atoms with Crippen LogP contribution in [0.1, 0.15) is 16.7 Å². The number of aliphatic imine (C=N–C) groups is 1. The molecule has 0 spiro atoms. The van der Waals surface area contributed by atoms with Crippen LogP contribution in [0.4, 0.5) is 0 Å². The van der Waals surface area contributed by atoms with E-state index in [1.807, 2.05) is 79.7 Å². The Labute approximate surface area is 189 Å². The summed E-state index contributed by atoms with van der Waals surface area (Å²) in [6, 6.07) is 22.7. The standard InChI is InChI=1S/C25H20BrNO4/c1-17-7-12-23(30-14-13-29-21-10-8-20(26)9-11-21)19(15-17)16-22-25(28)31-24(27-22)18-5-3-2-4-6-18/h2-12,15-16H,13-14H2,1H3. The van der Waals surface area contributed by atoms with Gasteiger partial charge in [0, 0.05) is 15.6 Å². The number of esters is 1. The molecular weight excluding hydrogens is 458 g/mol. The molecule has 5 nitrogen and oxygen atoms in total. The van der Waals surface area contributed by atoms with Crippen LogP contribution >= 0.6 is 15.9 Å². The number of carbonyl (C=O) groups excluding carboxylic acids is 1. The summed E-state index contributed by atoms with van der Waals surface area (Å²) < 4.78 is 18.0. The number of carbonyl (C=O) groups is 1. The van der Waals surface area contributed by atoms with Crippen molar-refractivity contribution in [3.8, 4) is 11.5 Å². The number of hydrogen-bond donors (Lipinski definition) is 0.